The largest absolute Gasteiger partial charge is 0.395 e. The fourth-order valence-corrected chi connectivity index (χ4v) is 0.830. The van der Waals surface area contributed by atoms with Crippen LogP contribution in [0.1, 0.15) is 6.92 Å². The topological polar surface area (TPSA) is 47.3 Å². The average Bonchev–Trinajstić information content (AvgIpc) is 2.01. The third-order valence-corrected chi connectivity index (χ3v) is 1.49. The van der Waals surface area contributed by atoms with Crippen LogP contribution in [0.25, 0.3) is 0 Å². The fourth-order valence-electron chi connectivity index (χ4n) is 0.830. The standard InChI is InChI=1S/C7H12F2N2O/c1-6(4-10)11(2-3-12)5-7(8)9/h6-7,12H,2-3,5H2,1H3. The van der Waals surface area contributed by atoms with Crippen LogP contribution >= 0.6 is 0 Å². The van der Waals surface area contributed by atoms with Gasteiger partial charge in [0.05, 0.1) is 25.3 Å². The Morgan fingerprint density at radius 2 is 2.17 bits per heavy atom. The molecule has 1 atom stereocenters. The number of aliphatic hydroxyl groups is 1. The summed E-state index contributed by atoms with van der Waals surface area (Å²) in [6.45, 7) is 0.963. The fraction of sp³-hybridized carbons (Fsp3) is 0.857. The molecule has 0 aliphatic rings. The van der Waals surface area contributed by atoms with Gasteiger partial charge >= 0.3 is 0 Å². The summed E-state index contributed by atoms with van der Waals surface area (Å²) in [5, 5.41) is 16.9. The lowest BCUT2D eigenvalue weighted by atomic mass is 10.3. The predicted octanol–water partition coefficient (Wildman–Crippen LogP) is 0.458. The van der Waals surface area contributed by atoms with Crippen LogP contribution in [-0.4, -0.2) is 42.2 Å². The number of hydrogen-bond donors (Lipinski definition) is 1. The molecule has 3 nitrogen and oxygen atoms in total. The molecule has 0 amide bonds. The Hall–Kier alpha value is -0.730. The Bertz CT molecular complexity index is 158. The van der Waals surface area contributed by atoms with Gasteiger partial charge in [0.1, 0.15) is 0 Å². The molecule has 0 aromatic carbocycles. The molecule has 0 saturated heterocycles. The molecule has 70 valence electrons. The molecule has 0 aromatic heterocycles. The predicted molar refractivity (Wildman–Crippen MR) is 39.7 cm³/mol. The molecule has 0 fully saturated rings. The maximum atomic E-state index is 11.9. The molecule has 0 aliphatic heterocycles. The van der Waals surface area contributed by atoms with Gasteiger partial charge in [-0.2, -0.15) is 5.26 Å². The van der Waals surface area contributed by atoms with Gasteiger partial charge in [-0.15, -0.1) is 0 Å². The minimum Gasteiger partial charge on any atom is -0.395 e. The van der Waals surface area contributed by atoms with Gasteiger partial charge < -0.3 is 5.11 Å². The van der Waals surface area contributed by atoms with Gasteiger partial charge in [-0.25, -0.2) is 8.78 Å². The van der Waals surface area contributed by atoms with Gasteiger partial charge in [-0.3, -0.25) is 4.90 Å². The van der Waals surface area contributed by atoms with E-state index in [9.17, 15) is 8.78 Å². The lowest BCUT2D eigenvalue weighted by Gasteiger charge is -2.22. The third kappa shape index (κ3) is 4.21. The minimum absolute atomic E-state index is 0.110. The Labute approximate surface area is 70.2 Å². The number of halogens is 2. The average molecular weight is 178 g/mol. The summed E-state index contributed by atoms with van der Waals surface area (Å²) in [5.41, 5.74) is 0. The lowest BCUT2D eigenvalue weighted by molar-refractivity contribution is 0.0697. The van der Waals surface area contributed by atoms with Crippen LogP contribution in [0.4, 0.5) is 8.78 Å². The van der Waals surface area contributed by atoms with E-state index in [0.717, 1.165) is 0 Å². The van der Waals surface area contributed by atoms with E-state index in [-0.39, 0.29) is 13.2 Å². The van der Waals surface area contributed by atoms with Crippen molar-refractivity contribution in [2.75, 3.05) is 19.7 Å². The second kappa shape index (κ2) is 5.86. The maximum absolute atomic E-state index is 11.9. The molecule has 0 saturated carbocycles. The second-order valence-electron chi connectivity index (χ2n) is 2.41. The molecule has 0 bridgehead atoms. The van der Waals surface area contributed by atoms with Crippen molar-refractivity contribution in [1.29, 1.82) is 5.26 Å². The molecule has 5 heteroatoms. The van der Waals surface area contributed by atoms with Crippen molar-refractivity contribution in [3.63, 3.8) is 0 Å². The molecule has 0 aliphatic carbocycles. The number of hydrogen-bond acceptors (Lipinski definition) is 3. The van der Waals surface area contributed by atoms with Crippen LogP contribution in [0.5, 0.6) is 0 Å². The SMILES string of the molecule is CC(C#N)N(CCO)CC(F)F. The molecule has 0 aromatic rings. The van der Waals surface area contributed by atoms with Gasteiger partial charge in [0.15, 0.2) is 0 Å². The van der Waals surface area contributed by atoms with Gasteiger partial charge in [0.2, 0.25) is 0 Å². The number of aliphatic hydroxyl groups excluding tert-OH is 1. The van der Waals surface area contributed by atoms with Crippen molar-refractivity contribution >= 4 is 0 Å². The zero-order valence-electron chi connectivity index (χ0n) is 6.87. The monoisotopic (exact) mass is 178 g/mol. The molecule has 1 unspecified atom stereocenters. The Morgan fingerprint density at radius 3 is 2.50 bits per heavy atom. The van der Waals surface area contributed by atoms with Crippen LogP contribution in [0, 0.1) is 11.3 Å². The van der Waals surface area contributed by atoms with Gasteiger partial charge in [0.25, 0.3) is 6.43 Å². The van der Waals surface area contributed by atoms with Crippen LogP contribution in [0.15, 0.2) is 0 Å². The quantitative estimate of drug-likeness (QED) is 0.665. The summed E-state index contributed by atoms with van der Waals surface area (Å²) in [7, 11) is 0. The molecule has 0 heterocycles. The molecular formula is C7H12F2N2O. The van der Waals surface area contributed by atoms with Crippen molar-refractivity contribution in [3.8, 4) is 6.07 Å². The van der Waals surface area contributed by atoms with Crippen molar-refractivity contribution in [2.24, 2.45) is 0 Å². The van der Waals surface area contributed by atoms with E-state index in [1.807, 2.05) is 6.07 Å². The van der Waals surface area contributed by atoms with E-state index in [1.54, 1.807) is 0 Å². The van der Waals surface area contributed by atoms with Crippen LogP contribution < -0.4 is 0 Å². The number of nitriles is 1. The summed E-state index contributed by atoms with van der Waals surface area (Å²) >= 11 is 0. The van der Waals surface area contributed by atoms with E-state index >= 15 is 0 Å². The Morgan fingerprint density at radius 1 is 1.58 bits per heavy atom. The van der Waals surface area contributed by atoms with Crippen LogP contribution in [0.2, 0.25) is 0 Å². The first-order chi connectivity index (χ1) is 5.61. The number of alkyl halides is 2. The summed E-state index contributed by atoms with van der Waals surface area (Å²) in [4.78, 5) is 1.24. The summed E-state index contributed by atoms with van der Waals surface area (Å²) < 4.78 is 23.7. The molecule has 0 radical (unpaired) electrons. The minimum atomic E-state index is -2.47. The first-order valence-electron chi connectivity index (χ1n) is 3.64. The van der Waals surface area contributed by atoms with Gasteiger partial charge in [0, 0.05) is 6.54 Å². The zero-order chi connectivity index (χ0) is 9.56. The van der Waals surface area contributed by atoms with Crippen molar-refractivity contribution < 1.29 is 13.9 Å². The summed E-state index contributed by atoms with van der Waals surface area (Å²) in [6, 6.07) is 1.26. The summed E-state index contributed by atoms with van der Waals surface area (Å²) in [5.74, 6) is 0. The van der Waals surface area contributed by atoms with Crippen LogP contribution in [0.3, 0.4) is 0 Å². The van der Waals surface area contributed by atoms with E-state index in [1.165, 1.54) is 11.8 Å². The van der Waals surface area contributed by atoms with Crippen molar-refractivity contribution in [3.05, 3.63) is 0 Å². The maximum Gasteiger partial charge on any atom is 0.251 e. The molecular weight excluding hydrogens is 166 g/mol. The first kappa shape index (κ1) is 11.3. The van der Waals surface area contributed by atoms with E-state index in [2.05, 4.69) is 0 Å². The first-order valence-corrected chi connectivity index (χ1v) is 3.64. The summed E-state index contributed by atoms with van der Waals surface area (Å²) in [6.07, 6.45) is -2.47. The van der Waals surface area contributed by atoms with Crippen molar-refractivity contribution in [1.82, 2.24) is 4.90 Å². The highest BCUT2D eigenvalue weighted by Gasteiger charge is 2.16. The normalized spacial score (nSPS) is 13.4. The highest BCUT2D eigenvalue weighted by molar-refractivity contribution is 4.87. The zero-order valence-corrected chi connectivity index (χ0v) is 6.87. The molecule has 1 N–H and O–H groups in total. The molecule has 12 heavy (non-hydrogen) atoms. The lowest BCUT2D eigenvalue weighted by Crippen LogP contribution is -2.38. The molecule has 0 spiro atoms. The second-order valence-corrected chi connectivity index (χ2v) is 2.41. The molecule has 0 rings (SSSR count). The van der Waals surface area contributed by atoms with Gasteiger partial charge in [-0.1, -0.05) is 0 Å². The van der Waals surface area contributed by atoms with Crippen LogP contribution in [-0.2, 0) is 0 Å². The van der Waals surface area contributed by atoms with Crippen molar-refractivity contribution in [2.45, 2.75) is 19.4 Å². The van der Waals surface area contributed by atoms with E-state index in [4.69, 9.17) is 10.4 Å². The van der Waals surface area contributed by atoms with E-state index < -0.39 is 19.0 Å². The Balaban J connectivity index is 3.95. The van der Waals surface area contributed by atoms with Gasteiger partial charge in [-0.05, 0) is 6.92 Å². The number of nitrogens with zero attached hydrogens (tertiary/aromatic N) is 2. The Kier molecular flexibility index (Phi) is 5.51. The highest BCUT2D eigenvalue weighted by atomic mass is 19.3. The van der Waals surface area contributed by atoms with E-state index in [0.29, 0.717) is 0 Å². The number of rotatable bonds is 5. The highest BCUT2D eigenvalue weighted by Crippen LogP contribution is 2.02. The smallest absolute Gasteiger partial charge is 0.251 e. The third-order valence-electron chi connectivity index (χ3n) is 1.49.